The molecule has 9 heteroatoms. The highest BCUT2D eigenvalue weighted by atomic mass is 35.5. The molecule has 1 saturated heterocycles. The maximum atomic E-state index is 13.1. The fourth-order valence-corrected chi connectivity index (χ4v) is 5.87. The molecule has 2 aliphatic rings. The minimum Gasteiger partial charge on any atom is -0.495 e. The van der Waals surface area contributed by atoms with Crippen molar-refractivity contribution in [2.75, 3.05) is 51.3 Å². The highest BCUT2D eigenvalue weighted by molar-refractivity contribution is 6.30. The van der Waals surface area contributed by atoms with E-state index in [0.29, 0.717) is 37.6 Å². The summed E-state index contributed by atoms with van der Waals surface area (Å²) < 4.78 is 7.51. The lowest BCUT2D eigenvalue weighted by molar-refractivity contribution is -0.140. The number of nitrogens with zero attached hydrogens (tertiary/aromatic N) is 5. The molecule has 1 unspecified atom stereocenters. The zero-order valence-electron chi connectivity index (χ0n) is 23.9. The molecule has 1 atom stereocenters. The molecule has 0 radical (unpaired) electrons. The van der Waals surface area contributed by atoms with Crippen LogP contribution in [0.1, 0.15) is 32.0 Å². The van der Waals surface area contributed by atoms with Gasteiger partial charge in [0.25, 0.3) is 0 Å². The van der Waals surface area contributed by atoms with E-state index >= 15 is 0 Å². The highest BCUT2D eigenvalue weighted by Crippen LogP contribution is 2.33. The van der Waals surface area contributed by atoms with Crippen LogP contribution in [-0.2, 0) is 24.3 Å². The molecule has 0 saturated carbocycles. The second-order valence-corrected chi connectivity index (χ2v) is 12.2. The van der Waals surface area contributed by atoms with Gasteiger partial charge in [-0.15, -0.1) is 0 Å². The molecule has 3 aromatic rings. The molecule has 0 bridgehead atoms. The van der Waals surface area contributed by atoms with Crippen LogP contribution in [0.2, 0.25) is 5.02 Å². The van der Waals surface area contributed by atoms with Crippen molar-refractivity contribution >= 4 is 23.2 Å². The number of rotatable bonds is 7. The Morgan fingerprint density at radius 1 is 1.02 bits per heavy atom. The van der Waals surface area contributed by atoms with Crippen LogP contribution in [0.15, 0.2) is 48.5 Å². The number of β-amino-alcohol motifs (C(OH)–C–C–N with tert-alkyl or cyclic N) is 1. The number of para-hydroxylation sites is 2. The van der Waals surface area contributed by atoms with E-state index in [9.17, 15) is 9.90 Å². The van der Waals surface area contributed by atoms with E-state index in [2.05, 4.69) is 15.9 Å². The number of halogens is 1. The molecule has 1 N–H and O–H groups in total. The van der Waals surface area contributed by atoms with Crippen molar-refractivity contribution < 1.29 is 14.6 Å². The summed E-state index contributed by atoms with van der Waals surface area (Å²) in [6.45, 7) is 11.5. The number of anilines is 1. The van der Waals surface area contributed by atoms with Gasteiger partial charge in [-0.2, -0.15) is 5.10 Å². The monoisotopic (exact) mass is 565 g/mol. The van der Waals surface area contributed by atoms with Crippen molar-refractivity contribution in [1.82, 2.24) is 19.6 Å². The standard InChI is InChI=1S/C31H40ClN5O3/c1-31(2,3)30(39)36-14-13-26-25(21-36)29(22-9-11-23(32)12-10-22)33-37(26)20-24(38)19-34-15-17-35(18-16-34)27-7-5-6-8-28(27)40-4/h5-12,24,38H,13-21H2,1-4H3. The number of benzene rings is 2. The summed E-state index contributed by atoms with van der Waals surface area (Å²) in [6, 6.07) is 15.8. The van der Waals surface area contributed by atoms with Gasteiger partial charge < -0.3 is 19.6 Å². The van der Waals surface area contributed by atoms with Crippen molar-refractivity contribution in [1.29, 1.82) is 0 Å². The van der Waals surface area contributed by atoms with Gasteiger partial charge >= 0.3 is 0 Å². The number of hydrogen-bond acceptors (Lipinski definition) is 6. The smallest absolute Gasteiger partial charge is 0.228 e. The van der Waals surface area contributed by atoms with Crippen molar-refractivity contribution in [2.24, 2.45) is 5.41 Å². The summed E-state index contributed by atoms with van der Waals surface area (Å²) in [6.07, 6.45) is 0.149. The molecule has 214 valence electrons. The van der Waals surface area contributed by atoms with Crippen LogP contribution in [0.5, 0.6) is 5.75 Å². The third kappa shape index (κ3) is 6.14. The molecule has 40 heavy (non-hydrogen) atoms. The number of aromatic nitrogens is 2. The van der Waals surface area contributed by atoms with Gasteiger partial charge in [-0.05, 0) is 24.3 Å². The van der Waals surface area contributed by atoms with Crippen molar-refractivity contribution in [3.05, 3.63) is 64.8 Å². The van der Waals surface area contributed by atoms with Crippen molar-refractivity contribution in [3.63, 3.8) is 0 Å². The first-order valence-electron chi connectivity index (χ1n) is 14.1. The predicted octanol–water partition coefficient (Wildman–Crippen LogP) is 4.33. The fraction of sp³-hybridized carbons (Fsp3) is 0.484. The first kappa shape index (κ1) is 28.5. The topological polar surface area (TPSA) is 74.1 Å². The van der Waals surface area contributed by atoms with Gasteiger partial charge in [0.15, 0.2) is 0 Å². The molecule has 1 fully saturated rings. The third-order valence-electron chi connectivity index (χ3n) is 7.83. The Labute approximate surface area is 242 Å². The van der Waals surface area contributed by atoms with Crippen LogP contribution in [0.4, 0.5) is 5.69 Å². The molecule has 2 aliphatic heterocycles. The van der Waals surface area contributed by atoms with E-state index in [-0.39, 0.29) is 5.91 Å². The zero-order valence-corrected chi connectivity index (χ0v) is 24.7. The Morgan fingerprint density at radius 2 is 1.73 bits per heavy atom. The number of carbonyl (C=O) groups is 1. The number of piperazine rings is 1. The molecule has 5 rings (SSSR count). The molecular weight excluding hydrogens is 526 g/mol. The molecular formula is C31H40ClN5O3. The van der Waals surface area contributed by atoms with Crippen LogP contribution < -0.4 is 9.64 Å². The van der Waals surface area contributed by atoms with Gasteiger partial charge in [-0.25, -0.2) is 0 Å². The Bertz CT molecular complexity index is 1330. The van der Waals surface area contributed by atoms with E-state index < -0.39 is 11.5 Å². The van der Waals surface area contributed by atoms with E-state index in [0.717, 1.165) is 60.1 Å². The molecule has 0 aliphatic carbocycles. The summed E-state index contributed by atoms with van der Waals surface area (Å²) in [4.78, 5) is 19.7. The molecule has 3 heterocycles. The molecule has 2 aromatic carbocycles. The number of fused-ring (bicyclic) bond motifs is 1. The lowest BCUT2D eigenvalue weighted by Crippen LogP contribution is -2.49. The fourth-order valence-electron chi connectivity index (χ4n) is 5.75. The Balaban J connectivity index is 1.29. The lowest BCUT2D eigenvalue weighted by atomic mass is 9.92. The van der Waals surface area contributed by atoms with Gasteiger partial charge in [0.1, 0.15) is 5.75 Å². The van der Waals surface area contributed by atoms with Crippen LogP contribution in [-0.4, -0.2) is 83.1 Å². The van der Waals surface area contributed by atoms with Gasteiger partial charge in [0, 0.05) is 79.5 Å². The highest BCUT2D eigenvalue weighted by Gasteiger charge is 2.33. The van der Waals surface area contributed by atoms with Gasteiger partial charge in [0.05, 0.1) is 31.1 Å². The first-order chi connectivity index (χ1) is 19.1. The Hall–Kier alpha value is -3.07. The maximum absolute atomic E-state index is 13.1. The normalized spacial score (nSPS) is 17.1. The van der Waals surface area contributed by atoms with Crippen LogP contribution in [0.3, 0.4) is 0 Å². The van der Waals surface area contributed by atoms with Crippen molar-refractivity contribution in [2.45, 2.75) is 46.4 Å². The summed E-state index contributed by atoms with van der Waals surface area (Å²) >= 11 is 6.16. The Morgan fingerprint density at radius 3 is 2.40 bits per heavy atom. The summed E-state index contributed by atoms with van der Waals surface area (Å²) in [7, 11) is 1.71. The van der Waals surface area contributed by atoms with E-state index in [1.807, 2.05) is 72.8 Å². The average Bonchev–Trinajstić information content (AvgIpc) is 3.30. The zero-order chi connectivity index (χ0) is 28.4. The number of carbonyl (C=O) groups excluding carboxylic acids is 1. The van der Waals surface area contributed by atoms with Gasteiger partial charge in [0.2, 0.25) is 5.91 Å². The molecule has 0 spiro atoms. The van der Waals surface area contributed by atoms with E-state index in [1.54, 1.807) is 7.11 Å². The number of methoxy groups -OCH3 is 1. The van der Waals surface area contributed by atoms with Crippen molar-refractivity contribution in [3.8, 4) is 17.0 Å². The maximum Gasteiger partial charge on any atom is 0.228 e. The minimum absolute atomic E-state index is 0.139. The largest absolute Gasteiger partial charge is 0.495 e. The van der Waals surface area contributed by atoms with Crippen LogP contribution in [0, 0.1) is 5.41 Å². The molecule has 1 amide bonds. The number of amides is 1. The van der Waals surface area contributed by atoms with E-state index in [4.69, 9.17) is 21.4 Å². The quantitative estimate of drug-likeness (QED) is 0.460. The predicted molar refractivity (Wildman–Crippen MR) is 159 cm³/mol. The summed E-state index contributed by atoms with van der Waals surface area (Å²) in [5, 5.41) is 16.8. The number of hydrogen-bond donors (Lipinski definition) is 1. The van der Waals surface area contributed by atoms with Crippen LogP contribution >= 0.6 is 11.6 Å². The number of ether oxygens (including phenoxy) is 1. The number of aliphatic hydroxyl groups excluding tert-OH is 1. The minimum atomic E-state index is -0.561. The van der Waals surface area contributed by atoms with E-state index in [1.165, 1.54) is 0 Å². The third-order valence-corrected chi connectivity index (χ3v) is 8.08. The molecule has 8 nitrogen and oxygen atoms in total. The lowest BCUT2D eigenvalue weighted by Gasteiger charge is -2.37. The second kappa shape index (κ2) is 11.8. The SMILES string of the molecule is COc1ccccc1N1CCN(CC(O)Cn2nc(-c3ccc(Cl)cc3)c3c2CCN(C(=O)C(C)(C)C)C3)CC1. The Kier molecular flexibility index (Phi) is 8.40. The van der Waals surface area contributed by atoms with Gasteiger partial charge in [-0.3, -0.25) is 14.4 Å². The number of aliphatic hydroxyl groups is 1. The van der Waals surface area contributed by atoms with Crippen LogP contribution in [0.25, 0.3) is 11.3 Å². The summed E-state index contributed by atoms with van der Waals surface area (Å²) in [5.74, 6) is 1.03. The second-order valence-electron chi connectivity index (χ2n) is 11.8. The molecule has 1 aromatic heterocycles. The first-order valence-corrected chi connectivity index (χ1v) is 14.4. The average molecular weight is 566 g/mol. The van der Waals surface area contributed by atoms with Gasteiger partial charge in [-0.1, -0.05) is 56.6 Å². The summed E-state index contributed by atoms with van der Waals surface area (Å²) in [5.41, 5.74) is 4.65.